The van der Waals surface area contributed by atoms with Gasteiger partial charge in [-0.05, 0) is 17.7 Å². The number of carbonyl (C=O) groups is 1. The number of nitrogens with zero attached hydrogens (tertiary/aromatic N) is 2. The summed E-state index contributed by atoms with van der Waals surface area (Å²) in [6.07, 6.45) is -3.43. The van der Waals surface area contributed by atoms with Crippen LogP contribution in [-0.2, 0) is 6.54 Å². The molecule has 0 saturated carbocycles. The number of benzene rings is 1. The molecular weight excluding hydrogens is 357 g/mol. The summed E-state index contributed by atoms with van der Waals surface area (Å²) in [5.41, 5.74) is 0.809. The third-order valence-electron chi connectivity index (χ3n) is 3.14. The summed E-state index contributed by atoms with van der Waals surface area (Å²) < 4.78 is 44.2. The van der Waals surface area contributed by atoms with Crippen LogP contribution in [0.4, 0.5) is 18.0 Å². The lowest BCUT2D eigenvalue weighted by Crippen LogP contribution is -2.43. The topological polar surface area (TPSA) is 87.0 Å². The second-order valence-electron chi connectivity index (χ2n) is 4.82. The lowest BCUT2D eigenvalue weighted by Gasteiger charge is -2.19. The van der Waals surface area contributed by atoms with Crippen molar-refractivity contribution in [3.05, 3.63) is 45.9 Å². The van der Waals surface area contributed by atoms with Crippen LogP contribution in [0.15, 0.2) is 29.8 Å². The Kier molecular flexibility index (Phi) is 5.82. The third-order valence-corrected chi connectivity index (χ3v) is 3.98. The van der Waals surface area contributed by atoms with Gasteiger partial charge in [-0.25, -0.2) is 9.78 Å². The van der Waals surface area contributed by atoms with Crippen LogP contribution in [0.3, 0.4) is 0 Å². The van der Waals surface area contributed by atoms with E-state index in [1.165, 1.54) is 24.8 Å². The number of nitriles is 1. The van der Waals surface area contributed by atoms with Crippen molar-refractivity contribution in [1.29, 1.82) is 5.26 Å². The van der Waals surface area contributed by atoms with E-state index in [1.807, 2.05) is 11.4 Å². The van der Waals surface area contributed by atoms with Crippen molar-refractivity contribution in [1.82, 2.24) is 15.6 Å². The summed E-state index contributed by atoms with van der Waals surface area (Å²) >= 11 is 0.800. The lowest BCUT2D eigenvalue weighted by molar-refractivity contribution is -0.154. The molecule has 1 heterocycles. The molecule has 1 atom stereocenters. The number of nitrogens with one attached hydrogen (secondary N) is 2. The van der Waals surface area contributed by atoms with Crippen molar-refractivity contribution in [2.45, 2.75) is 18.8 Å². The average molecular weight is 370 g/mol. The molecule has 0 spiro atoms. The molecule has 0 aliphatic carbocycles. The molecule has 1 aromatic carbocycles. The predicted octanol–water partition coefficient (Wildman–Crippen LogP) is 3.13. The molecule has 10 heteroatoms. The summed E-state index contributed by atoms with van der Waals surface area (Å²) in [5.74, 6) is 0.372. The number of ether oxygens (including phenoxy) is 1. The maximum absolute atomic E-state index is 13.1. The minimum Gasteiger partial charge on any atom is -0.495 e. The minimum absolute atomic E-state index is 0.0487. The van der Waals surface area contributed by atoms with Crippen LogP contribution in [-0.4, -0.2) is 24.3 Å². The second-order valence-corrected chi connectivity index (χ2v) is 5.74. The number of thiazole rings is 1. The van der Waals surface area contributed by atoms with E-state index in [2.05, 4.69) is 10.3 Å². The average Bonchev–Trinajstić information content (AvgIpc) is 3.10. The van der Waals surface area contributed by atoms with Gasteiger partial charge in [0.25, 0.3) is 0 Å². The number of urea groups is 1. The van der Waals surface area contributed by atoms with Gasteiger partial charge in [0.2, 0.25) is 0 Å². The number of rotatable bonds is 5. The monoisotopic (exact) mass is 370 g/mol. The van der Waals surface area contributed by atoms with Crippen LogP contribution in [0.1, 0.15) is 22.2 Å². The first-order valence-corrected chi connectivity index (χ1v) is 7.80. The fourth-order valence-corrected chi connectivity index (χ4v) is 2.69. The second kappa shape index (κ2) is 7.85. The molecule has 0 aliphatic rings. The van der Waals surface area contributed by atoms with Gasteiger partial charge < -0.3 is 15.4 Å². The molecule has 0 saturated heterocycles. The zero-order chi connectivity index (χ0) is 18.4. The van der Waals surface area contributed by atoms with E-state index in [9.17, 15) is 18.0 Å². The highest BCUT2D eigenvalue weighted by molar-refractivity contribution is 7.09. The molecule has 2 N–H and O–H groups in total. The summed E-state index contributed by atoms with van der Waals surface area (Å²) in [5, 5.41) is 14.3. The van der Waals surface area contributed by atoms with Crippen molar-refractivity contribution in [3.8, 4) is 11.8 Å². The third kappa shape index (κ3) is 4.84. The minimum atomic E-state index is -4.66. The zero-order valence-corrected chi connectivity index (χ0v) is 13.7. The number of amides is 2. The number of carbonyl (C=O) groups excluding carboxylic acids is 1. The Bertz CT molecular complexity index is 772. The van der Waals surface area contributed by atoms with Gasteiger partial charge in [0.1, 0.15) is 16.8 Å². The Hall–Kier alpha value is -2.80. The Morgan fingerprint density at radius 3 is 2.80 bits per heavy atom. The number of methoxy groups -OCH3 is 1. The molecule has 2 amide bonds. The van der Waals surface area contributed by atoms with Gasteiger partial charge in [-0.15, -0.1) is 11.3 Å². The summed E-state index contributed by atoms with van der Waals surface area (Å²) in [6.45, 7) is -0.0487. The highest BCUT2D eigenvalue weighted by Crippen LogP contribution is 2.33. The standard InChI is InChI=1S/C15H13F3N4O2S/c1-24-11-3-2-9(6-10(11)7-19)8-21-14(23)22-12(15(16,17)18)13-20-4-5-25-13/h2-6,12H,8H2,1H3,(H2,21,22,23). The number of halogens is 3. The normalized spacial score (nSPS) is 12.1. The highest BCUT2D eigenvalue weighted by Gasteiger charge is 2.43. The quantitative estimate of drug-likeness (QED) is 0.847. The highest BCUT2D eigenvalue weighted by atomic mass is 32.1. The first kappa shape index (κ1) is 18.5. The molecule has 0 radical (unpaired) electrons. The number of alkyl halides is 3. The summed E-state index contributed by atoms with van der Waals surface area (Å²) in [7, 11) is 1.41. The van der Waals surface area contributed by atoms with Crippen LogP contribution in [0.25, 0.3) is 0 Å². The van der Waals surface area contributed by atoms with E-state index < -0.39 is 18.2 Å². The molecule has 0 fully saturated rings. The zero-order valence-electron chi connectivity index (χ0n) is 12.9. The Morgan fingerprint density at radius 2 is 2.24 bits per heavy atom. The maximum Gasteiger partial charge on any atom is 0.415 e. The smallest absolute Gasteiger partial charge is 0.415 e. The summed E-state index contributed by atoms with van der Waals surface area (Å²) in [4.78, 5) is 15.4. The SMILES string of the molecule is COc1ccc(CNC(=O)NC(c2nccs2)C(F)(F)F)cc1C#N. The maximum atomic E-state index is 13.1. The molecule has 1 unspecified atom stereocenters. The van der Waals surface area contributed by atoms with E-state index in [1.54, 1.807) is 12.1 Å². The van der Waals surface area contributed by atoms with Crippen molar-refractivity contribution in [3.63, 3.8) is 0 Å². The van der Waals surface area contributed by atoms with E-state index in [4.69, 9.17) is 10.00 Å². The van der Waals surface area contributed by atoms with Gasteiger partial charge >= 0.3 is 12.2 Å². The molecular formula is C15H13F3N4O2S. The first-order chi connectivity index (χ1) is 11.8. The van der Waals surface area contributed by atoms with Gasteiger partial charge in [-0.2, -0.15) is 18.4 Å². The molecule has 1 aromatic heterocycles. The first-order valence-electron chi connectivity index (χ1n) is 6.92. The van der Waals surface area contributed by atoms with Crippen molar-refractivity contribution < 1.29 is 22.7 Å². The van der Waals surface area contributed by atoms with Gasteiger partial charge in [0.05, 0.1) is 12.7 Å². The fraction of sp³-hybridized carbons (Fsp3) is 0.267. The molecule has 2 rings (SSSR count). The molecule has 25 heavy (non-hydrogen) atoms. The van der Waals surface area contributed by atoms with E-state index in [0.29, 0.717) is 11.3 Å². The van der Waals surface area contributed by atoms with Crippen molar-refractivity contribution in [2.75, 3.05) is 7.11 Å². The molecule has 0 aliphatic heterocycles. The molecule has 2 aromatic rings. The number of aromatic nitrogens is 1. The van der Waals surface area contributed by atoms with Crippen LogP contribution in [0.2, 0.25) is 0 Å². The van der Waals surface area contributed by atoms with E-state index in [-0.39, 0.29) is 17.1 Å². The van der Waals surface area contributed by atoms with Gasteiger partial charge in [-0.1, -0.05) is 6.07 Å². The summed E-state index contributed by atoms with van der Waals surface area (Å²) in [6, 6.07) is 3.39. The predicted molar refractivity (Wildman–Crippen MR) is 84.0 cm³/mol. The molecule has 132 valence electrons. The molecule has 6 nitrogen and oxygen atoms in total. The van der Waals surface area contributed by atoms with Crippen molar-refractivity contribution in [2.24, 2.45) is 0 Å². The Labute approximate surface area is 145 Å². The number of hydrogen-bond donors (Lipinski definition) is 2. The fourth-order valence-electron chi connectivity index (χ4n) is 1.98. The van der Waals surface area contributed by atoms with Gasteiger partial charge in [0, 0.05) is 18.1 Å². The Balaban J connectivity index is 2.01. The largest absolute Gasteiger partial charge is 0.495 e. The lowest BCUT2D eigenvalue weighted by atomic mass is 10.1. The van der Waals surface area contributed by atoms with Crippen LogP contribution in [0.5, 0.6) is 5.75 Å². The van der Waals surface area contributed by atoms with E-state index in [0.717, 1.165) is 11.3 Å². The van der Waals surface area contributed by atoms with Gasteiger partial charge in [0.15, 0.2) is 6.04 Å². The van der Waals surface area contributed by atoms with Gasteiger partial charge in [-0.3, -0.25) is 0 Å². The van der Waals surface area contributed by atoms with E-state index >= 15 is 0 Å². The Morgan fingerprint density at radius 1 is 1.48 bits per heavy atom. The van der Waals surface area contributed by atoms with Crippen LogP contribution < -0.4 is 15.4 Å². The van der Waals surface area contributed by atoms with Crippen LogP contribution >= 0.6 is 11.3 Å². The van der Waals surface area contributed by atoms with Crippen LogP contribution in [0, 0.1) is 11.3 Å². The molecule has 0 bridgehead atoms. The number of hydrogen-bond acceptors (Lipinski definition) is 5. The van der Waals surface area contributed by atoms with Crippen molar-refractivity contribution >= 4 is 17.4 Å².